The number of amides is 1. The van der Waals surface area contributed by atoms with E-state index < -0.39 is 0 Å². The van der Waals surface area contributed by atoms with Gasteiger partial charge in [-0.15, -0.1) is 11.3 Å². The Morgan fingerprint density at radius 1 is 0.696 bits per heavy atom. The van der Waals surface area contributed by atoms with E-state index in [0.29, 0.717) is 12.8 Å². The maximum Gasteiger partial charge on any atom is 0.307 e. The molecule has 2 aliphatic rings. The molecule has 6 nitrogen and oxygen atoms in total. The van der Waals surface area contributed by atoms with Gasteiger partial charge < -0.3 is 9.64 Å². The lowest BCUT2D eigenvalue weighted by Gasteiger charge is -2.36. The molecule has 1 amide bonds. The Balaban J connectivity index is 0.877. The fourth-order valence-electron chi connectivity index (χ4n) is 8.57. The van der Waals surface area contributed by atoms with Gasteiger partial charge in [-0.2, -0.15) is 0 Å². The first-order valence-corrected chi connectivity index (χ1v) is 23.6. The number of carbonyl (C=O) groups is 2. The van der Waals surface area contributed by atoms with Crippen molar-refractivity contribution in [2.75, 3.05) is 49.3 Å². The number of hydrogen-bond acceptors (Lipinski definition) is 6. The molecule has 1 saturated heterocycles. The highest BCUT2D eigenvalue weighted by molar-refractivity contribution is 7.17. The molecule has 3 heterocycles. The Bertz CT molecular complexity index is 1580. The van der Waals surface area contributed by atoms with E-state index in [9.17, 15) is 14.0 Å². The van der Waals surface area contributed by atoms with E-state index >= 15 is 0 Å². The van der Waals surface area contributed by atoms with Gasteiger partial charge in [0.15, 0.2) is 6.73 Å². The molecular formula is C48H72FN3O3S. The zero-order valence-corrected chi connectivity index (χ0v) is 35.6. The van der Waals surface area contributed by atoms with Crippen molar-refractivity contribution in [3.63, 3.8) is 0 Å². The van der Waals surface area contributed by atoms with E-state index in [1.165, 1.54) is 128 Å². The molecule has 0 atom stereocenters. The van der Waals surface area contributed by atoms with Crippen LogP contribution in [0, 0.1) is 5.82 Å². The van der Waals surface area contributed by atoms with Crippen molar-refractivity contribution in [1.29, 1.82) is 0 Å². The van der Waals surface area contributed by atoms with Gasteiger partial charge in [-0.25, -0.2) is 4.39 Å². The molecule has 0 aliphatic carbocycles. The van der Waals surface area contributed by atoms with E-state index in [2.05, 4.69) is 41.0 Å². The molecule has 0 spiro atoms. The number of carbonyl (C=O) groups excluding carboxylic acids is 2. The Kier molecular flexibility index (Phi) is 20.0. The first kappa shape index (κ1) is 44.1. The minimum atomic E-state index is -0.212. The minimum absolute atomic E-state index is 0.00713. The van der Waals surface area contributed by atoms with Crippen LogP contribution in [0.25, 0.3) is 10.1 Å². The summed E-state index contributed by atoms with van der Waals surface area (Å²) in [6.45, 7) is 6.79. The van der Waals surface area contributed by atoms with E-state index in [1.54, 1.807) is 28.4 Å². The van der Waals surface area contributed by atoms with E-state index in [-0.39, 0.29) is 24.4 Å². The lowest BCUT2D eigenvalue weighted by Crippen LogP contribution is -2.47. The molecule has 0 N–H and O–H groups in total. The van der Waals surface area contributed by atoms with Crippen LogP contribution in [-0.2, 0) is 27.2 Å². The van der Waals surface area contributed by atoms with Gasteiger partial charge in [-0.05, 0) is 60.0 Å². The number of nitrogens with zero attached hydrogens (tertiary/aromatic N) is 3. The third-order valence-electron chi connectivity index (χ3n) is 12.1. The van der Waals surface area contributed by atoms with Crippen LogP contribution < -0.4 is 9.80 Å². The van der Waals surface area contributed by atoms with Gasteiger partial charge in [0.1, 0.15) is 5.82 Å². The minimum Gasteiger partial charge on any atom is -0.444 e. The van der Waals surface area contributed by atoms with Crippen molar-refractivity contribution in [1.82, 2.24) is 4.90 Å². The van der Waals surface area contributed by atoms with Crippen LogP contribution >= 0.6 is 11.3 Å². The number of halogens is 1. The molecule has 56 heavy (non-hydrogen) atoms. The van der Waals surface area contributed by atoms with Crippen molar-refractivity contribution in [2.45, 2.75) is 167 Å². The van der Waals surface area contributed by atoms with Crippen molar-refractivity contribution in [3.05, 3.63) is 58.7 Å². The number of aryl methyl sites for hydroxylation is 1. The zero-order chi connectivity index (χ0) is 39.2. The number of esters is 1. The average Bonchev–Trinajstić information content (AvgIpc) is 3.68. The van der Waals surface area contributed by atoms with Gasteiger partial charge in [-0.1, -0.05) is 147 Å². The number of thiophene rings is 1. The summed E-state index contributed by atoms with van der Waals surface area (Å²) < 4.78 is 20.9. The number of piperazine rings is 1. The molecule has 0 radical (unpaired) electrons. The summed E-state index contributed by atoms with van der Waals surface area (Å²) in [7, 11) is 0. The standard InChI is InChI=1S/C48H72FN3O3S/c1-2-3-4-5-6-7-8-9-10-11-12-13-14-15-16-17-18-19-20-21-22-23-48(54)55-39-52-44-36-40(24-25-41(44)26-27-47(52)53)28-30-50-31-33-51(34-32-50)45-37-42(49)38-46-43(45)29-35-56-46/h24-25,29,35-38H,2-23,26-28,30-34,39H2,1H3. The Morgan fingerprint density at radius 2 is 1.29 bits per heavy atom. The predicted molar refractivity (Wildman–Crippen MR) is 235 cm³/mol. The van der Waals surface area contributed by atoms with Gasteiger partial charge in [0.05, 0.1) is 5.69 Å². The molecule has 8 heteroatoms. The lowest BCUT2D eigenvalue weighted by molar-refractivity contribution is -0.144. The van der Waals surface area contributed by atoms with Gasteiger partial charge in [0.25, 0.3) is 0 Å². The summed E-state index contributed by atoms with van der Waals surface area (Å²) in [5.41, 5.74) is 4.20. The lowest BCUT2D eigenvalue weighted by atomic mass is 9.98. The number of hydrogen-bond donors (Lipinski definition) is 0. The molecule has 2 aliphatic heterocycles. The largest absolute Gasteiger partial charge is 0.444 e. The third kappa shape index (κ3) is 15.1. The summed E-state index contributed by atoms with van der Waals surface area (Å²) in [4.78, 5) is 32.1. The second-order valence-electron chi connectivity index (χ2n) is 16.6. The molecule has 0 saturated carbocycles. The van der Waals surface area contributed by atoms with Gasteiger partial charge >= 0.3 is 5.97 Å². The summed E-state index contributed by atoms with van der Waals surface area (Å²) in [6, 6.07) is 11.8. The van der Waals surface area contributed by atoms with Crippen LogP contribution in [0.1, 0.15) is 166 Å². The van der Waals surface area contributed by atoms with Gasteiger partial charge in [-0.3, -0.25) is 19.4 Å². The highest BCUT2D eigenvalue weighted by Gasteiger charge is 2.26. The Labute approximate surface area is 342 Å². The molecule has 1 fully saturated rings. The maximum atomic E-state index is 14.3. The second-order valence-corrected chi connectivity index (χ2v) is 17.5. The average molecular weight is 790 g/mol. The molecule has 3 aromatic rings. The third-order valence-corrected chi connectivity index (χ3v) is 13.0. The first-order valence-electron chi connectivity index (χ1n) is 22.7. The number of ether oxygens (including phenoxy) is 1. The number of benzene rings is 2. The molecule has 310 valence electrons. The summed E-state index contributed by atoms with van der Waals surface area (Å²) >= 11 is 1.59. The molecular weight excluding hydrogens is 718 g/mol. The van der Waals surface area contributed by atoms with Crippen LogP contribution in [0.2, 0.25) is 0 Å². The fraction of sp³-hybridized carbons (Fsp3) is 0.667. The SMILES string of the molecule is CCCCCCCCCCCCCCCCCCCCCCCC(=O)OCN1C(=O)CCc2ccc(CCN3CCN(c4cc(F)cc5sccc45)CC3)cc21. The highest BCUT2D eigenvalue weighted by atomic mass is 32.1. The van der Waals surface area contributed by atoms with Crippen molar-refractivity contribution in [2.24, 2.45) is 0 Å². The topological polar surface area (TPSA) is 53.1 Å². The fourth-order valence-corrected chi connectivity index (χ4v) is 9.40. The smallest absolute Gasteiger partial charge is 0.307 e. The van der Waals surface area contributed by atoms with E-state index in [4.69, 9.17) is 4.74 Å². The van der Waals surface area contributed by atoms with Crippen molar-refractivity contribution < 1.29 is 18.7 Å². The molecule has 0 bridgehead atoms. The van der Waals surface area contributed by atoms with Crippen molar-refractivity contribution in [3.8, 4) is 0 Å². The number of anilines is 2. The van der Waals surface area contributed by atoms with Crippen molar-refractivity contribution >= 4 is 44.7 Å². The van der Waals surface area contributed by atoms with Crippen LogP contribution in [0.5, 0.6) is 0 Å². The summed E-state index contributed by atoms with van der Waals surface area (Å²) in [6.07, 6.45) is 30.6. The Morgan fingerprint density at radius 3 is 1.89 bits per heavy atom. The quantitative estimate of drug-likeness (QED) is 0.0542. The molecule has 0 unspecified atom stereocenters. The number of unbranched alkanes of at least 4 members (excludes halogenated alkanes) is 20. The number of fused-ring (bicyclic) bond motifs is 2. The monoisotopic (exact) mass is 790 g/mol. The molecule has 5 rings (SSSR count). The van der Waals surface area contributed by atoms with Gasteiger partial charge in [0, 0.05) is 61.3 Å². The summed E-state index contributed by atoms with van der Waals surface area (Å²) in [5.74, 6) is -0.367. The second kappa shape index (κ2) is 25.4. The predicted octanol–water partition coefficient (Wildman–Crippen LogP) is 12.8. The van der Waals surface area contributed by atoms with E-state index in [1.807, 2.05) is 5.38 Å². The molecule has 2 aromatic carbocycles. The van der Waals surface area contributed by atoms with Crippen LogP contribution in [0.3, 0.4) is 0 Å². The number of rotatable bonds is 28. The van der Waals surface area contributed by atoms with Crippen LogP contribution in [0.15, 0.2) is 41.8 Å². The normalized spacial score (nSPS) is 14.9. The van der Waals surface area contributed by atoms with E-state index in [0.717, 1.165) is 85.4 Å². The molecule has 1 aromatic heterocycles. The Hall–Kier alpha value is -2.97. The maximum absolute atomic E-state index is 14.3. The first-order chi connectivity index (χ1) is 27.5. The van der Waals surface area contributed by atoms with Crippen LogP contribution in [0.4, 0.5) is 15.8 Å². The highest BCUT2D eigenvalue weighted by Crippen LogP contribution is 2.33. The van der Waals surface area contributed by atoms with Crippen LogP contribution in [-0.4, -0.2) is 56.2 Å². The zero-order valence-electron chi connectivity index (χ0n) is 34.8. The van der Waals surface area contributed by atoms with Gasteiger partial charge in [0.2, 0.25) is 5.91 Å². The summed E-state index contributed by atoms with van der Waals surface area (Å²) in [5, 5.41) is 3.17.